The van der Waals surface area contributed by atoms with Gasteiger partial charge in [-0.1, -0.05) is 13.0 Å². The van der Waals surface area contributed by atoms with Gasteiger partial charge >= 0.3 is 0 Å². The van der Waals surface area contributed by atoms with Crippen LogP contribution in [0.2, 0.25) is 0 Å². The fraction of sp³-hybridized carbons (Fsp3) is 0.625. The molecule has 3 heteroatoms. The second kappa shape index (κ2) is 5.04. The average Bonchev–Trinajstić information content (AvgIpc) is 2.75. The molecule has 1 N–H and O–H groups in total. The third-order valence-electron chi connectivity index (χ3n) is 4.13. The maximum Gasteiger partial charge on any atom is 0.248 e. The molecule has 1 aromatic carbocycles. The lowest BCUT2D eigenvalue weighted by Crippen LogP contribution is -2.34. The molecule has 19 heavy (non-hydrogen) atoms. The summed E-state index contributed by atoms with van der Waals surface area (Å²) in [5.74, 6) is 2.01. The zero-order valence-corrected chi connectivity index (χ0v) is 11.9. The first kappa shape index (κ1) is 12.8. The van der Waals surface area contributed by atoms with Gasteiger partial charge in [0.05, 0.1) is 0 Å². The molecular formula is C16H23NO2. The smallest absolute Gasteiger partial charge is 0.248 e. The van der Waals surface area contributed by atoms with Crippen LogP contribution in [0.5, 0.6) is 11.5 Å². The SMILES string of the molecule is CCCC1(C)Oc2ccc(C3CCNCC3)cc2O1. The minimum absolute atomic E-state index is 0.468. The Hall–Kier alpha value is -1.22. The molecule has 2 heterocycles. The second-order valence-corrected chi connectivity index (χ2v) is 5.82. The predicted octanol–water partition coefficient (Wildman–Crippen LogP) is 3.44. The van der Waals surface area contributed by atoms with Crippen LogP contribution in [-0.4, -0.2) is 18.9 Å². The third-order valence-corrected chi connectivity index (χ3v) is 4.13. The minimum Gasteiger partial charge on any atom is -0.449 e. The van der Waals surface area contributed by atoms with Crippen LogP contribution >= 0.6 is 0 Å². The molecule has 2 aliphatic heterocycles. The Morgan fingerprint density at radius 3 is 2.68 bits per heavy atom. The monoisotopic (exact) mass is 261 g/mol. The number of piperidine rings is 1. The second-order valence-electron chi connectivity index (χ2n) is 5.82. The molecule has 1 aromatic rings. The van der Waals surface area contributed by atoms with Crippen LogP contribution in [0, 0.1) is 0 Å². The van der Waals surface area contributed by atoms with E-state index in [9.17, 15) is 0 Å². The van der Waals surface area contributed by atoms with Gasteiger partial charge in [-0.05, 0) is 56.0 Å². The zero-order chi connectivity index (χ0) is 13.3. The molecule has 3 rings (SSSR count). The third kappa shape index (κ3) is 2.57. The van der Waals surface area contributed by atoms with Crippen molar-refractivity contribution >= 4 is 0 Å². The van der Waals surface area contributed by atoms with Crippen LogP contribution in [0.4, 0.5) is 0 Å². The first-order chi connectivity index (χ1) is 9.20. The van der Waals surface area contributed by atoms with Crippen LogP contribution < -0.4 is 14.8 Å². The fourth-order valence-corrected chi connectivity index (χ4v) is 3.14. The lowest BCUT2D eigenvalue weighted by atomic mass is 9.90. The normalized spacial score (nSPS) is 26.6. The molecule has 3 nitrogen and oxygen atoms in total. The highest BCUT2D eigenvalue weighted by molar-refractivity contribution is 5.46. The summed E-state index contributed by atoms with van der Waals surface area (Å²) in [6.07, 6.45) is 4.41. The van der Waals surface area contributed by atoms with Crippen molar-refractivity contribution in [2.24, 2.45) is 0 Å². The summed E-state index contributed by atoms with van der Waals surface area (Å²) in [6, 6.07) is 6.47. The van der Waals surface area contributed by atoms with Crippen LogP contribution in [0.3, 0.4) is 0 Å². The minimum atomic E-state index is -0.468. The Labute approximate surface area is 115 Å². The van der Waals surface area contributed by atoms with Gasteiger partial charge in [0.2, 0.25) is 5.79 Å². The number of fused-ring (bicyclic) bond motifs is 1. The van der Waals surface area contributed by atoms with E-state index < -0.39 is 5.79 Å². The molecular weight excluding hydrogens is 238 g/mol. The Morgan fingerprint density at radius 2 is 1.95 bits per heavy atom. The summed E-state index contributed by atoms with van der Waals surface area (Å²) >= 11 is 0. The molecule has 0 aliphatic carbocycles. The van der Waals surface area contributed by atoms with Crippen molar-refractivity contribution in [2.75, 3.05) is 13.1 Å². The number of ether oxygens (including phenoxy) is 2. The fourth-order valence-electron chi connectivity index (χ4n) is 3.14. The van der Waals surface area contributed by atoms with Crippen LogP contribution in [0.15, 0.2) is 18.2 Å². The van der Waals surface area contributed by atoms with E-state index in [1.807, 2.05) is 6.92 Å². The molecule has 1 unspecified atom stereocenters. The summed E-state index contributed by atoms with van der Waals surface area (Å²) in [6.45, 7) is 6.42. The molecule has 0 spiro atoms. The highest BCUT2D eigenvalue weighted by Crippen LogP contribution is 2.43. The van der Waals surface area contributed by atoms with E-state index in [0.717, 1.165) is 37.4 Å². The number of benzene rings is 1. The van der Waals surface area contributed by atoms with Crippen molar-refractivity contribution in [3.63, 3.8) is 0 Å². The molecule has 1 fully saturated rings. The lowest BCUT2D eigenvalue weighted by Gasteiger charge is -2.23. The molecule has 0 aromatic heterocycles. The maximum absolute atomic E-state index is 6.03. The molecule has 104 valence electrons. The van der Waals surface area contributed by atoms with Gasteiger partial charge < -0.3 is 14.8 Å². The summed E-state index contributed by atoms with van der Waals surface area (Å²) in [7, 11) is 0. The lowest BCUT2D eigenvalue weighted by molar-refractivity contribution is -0.0684. The average molecular weight is 261 g/mol. The van der Waals surface area contributed by atoms with Crippen LogP contribution in [0.25, 0.3) is 0 Å². The number of nitrogens with one attached hydrogen (secondary N) is 1. The molecule has 2 aliphatic rings. The Balaban J connectivity index is 1.79. The predicted molar refractivity (Wildman–Crippen MR) is 75.9 cm³/mol. The van der Waals surface area contributed by atoms with Gasteiger partial charge in [-0.3, -0.25) is 0 Å². The van der Waals surface area contributed by atoms with Crippen LogP contribution in [0.1, 0.15) is 51.0 Å². The number of rotatable bonds is 3. The van der Waals surface area contributed by atoms with E-state index in [-0.39, 0.29) is 0 Å². The van der Waals surface area contributed by atoms with Gasteiger partial charge in [-0.25, -0.2) is 0 Å². The van der Waals surface area contributed by atoms with Gasteiger partial charge in [0.25, 0.3) is 0 Å². The first-order valence-corrected chi connectivity index (χ1v) is 7.43. The summed E-state index contributed by atoms with van der Waals surface area (Å²) < 4.78 is 12.0. The number of hydrogen-bond acceptors (Lipinski definition) is 3. The molecule has 0 bridgehead atoms. The highest BCUT2D eigenvalue weighted by Gasteiger charge is 2.36. The summed E-state index contributed by atoms with van der Waals surface area (Å²) in [4.78, 5) is 0. The van der Waals surface area contributed by atoms with Gasteiger partial charge in [-0.15, -0.1) is 0 Å². The zero-order valence-electron chi connectivity index (χ0n) is 11.9. The van der Waals surface area contributed by atoms with E-state index in [2.05, 4.69) is 30.4 Å². The quantitative estimate of drug-likeness (QED) is 0.904. The van der Waals surface area contributed by atoms with Crippen molar-refractivity contribution in [3.05, 3.63) is 23.8 Å². The van der Waals surface area contributed by atoms with Gasteiger partial charge in [0.15, 0.2) is 11.5 Å². The molecule has 0 saturated carbocycles. The van der Waals surface area contributed by atoms with Crippen molar-refractivity contribution in [3.8, 4) is 11.5 Å². The molecule has 0 radical (unpaired) electrons. The standard InChI is InChI=1S/C16H23NO2/c1-3-8-16(2)18-14-5-4-13(11-15(14)19-16)12-6-9-17-10-7-12/h4-5,11-12,17H,3,6-10H2,1-2H3. The number of hydrogen-bond donors (Lipinski definition) is 1. The van der Waals surface area contributed by atoms with Gasteiger partial charge in [0.1, 0.15) is 0 Å². The Kier molecular flexibility index (Phi) is 3.40. The summed E-state index contributed by atoms with van der Waals surface area (Å²) in [5, 5.41) is 3.41. The van der Waals surface area contributed by atoms with E-state index in [1.54, 1.807) is 0 Å². The van der Waals surface area contributed by atoms with Crippen molar-refractivity contribution < 1.29 is 9.47 Å². The molecule has 1 saturated heterocycles. The van der Waals surface area contributed by atoms with Gasteiger partial charge in [-0.2, -0.15) is 0 Å². The van der Waals surface area contributed by atoms with Gasteiger partial charge in [0, 0.05) is 13.3 Å². The van der Waals surface area contributed by atoms with Crippen LogP contribution in [-0.2, 0) is 0 Å². The van der Waals surface area contributed by atoms with Crippen molar-refractivity contribution in [1.82, 2.24) is 5.32 Å². The van der Waals surface area contributed by atoms with Crippen molar-refractivity contribution in [2.45, 2.75) is 51.2 Å². The van der Waals surface area contributed by atoms with E-state index in [0.29, 0.717) is 5.92 Å². The molecule has 1 atom stereocenters. The first-order valence-electron chi connectivity index (χ1n) is 7.43. The van der Waals surface area contributed by atoms with Crippen molar-refractivity contribution in [1.29, 1.82) is 0 Å². The molecule has 0 amide bonds. The Morgan fingerprint density at radius 1 is 1.21 bits per heavy atom. The topological polar surface area (TPSA) is 30.5 Å². The highest BCUT2D eigenvalue weighted by atomic mass is 16.7. The Bertz CT molecular complexity index is 454. The van der Waals surface area contributed by atoms with E-state index in [4.69, 9.17) is 9.47 Å². The van der Waals surface area contributed by atoms with E-state index in [1.165, 1.54) is 18.4 Å². The largest absolute Gasteiger partial charge is 0.449 e. The van der Waals surface area contributed by atoms with E-state index >= 15 is 0 Å². The summed E-state index contributed by atoms with van der Waals surface area (Å²) in [5.41, 5.74) is 1.39. The maximum atomic E-state index is 6.03.